The fraction of sp³-hybridized carbons (Fsp3) is 0.467. The smallest absolute Gasteiger partial charge is 0.286 e. The number of nitrogens with one attached hydrogen (secondary N) is 1. The standard InChI is InChI=1S/C15H20N4O3S/c1-3-22-15-13(19(20)21)14(16-10(2)17-15)18-7-4-11-6-9-23-12(11)5-8-18/h6,9,19-20H,3-5,7-8H2,1-2H3. The maximum absolute atomic E-state index is 11.7. The molecule has 3 heterocycles. The molecule has 1 aliphatic heterocycles. The lowest BCUT2D eigenvalue weighted by Gasteiger charge is -2.26. The maximum atomic E-state index is 11.7. The Labute approximate surface area is 138 Å². The number of aryl methyl sites for hydroxylation is 1. The van der Waals surface area contributed by atoms with Crippen molar-refractivity contribution in [1.29, 1.82) is 0 Å². The minimum atomic E-state index is -1.05. The van der Waals surface area contributed by atoms with E-state index in [0.29, 0.717) is 18.2 Å². The molecule has 23 heavy (non-hydrogen) atoms. The van der Waals surface area contributed by atoms with E-state index in [9.17, 15) is 10.4 Å². The van der Waals surface area contributed by atoms with E-state index in [1.165, 1.54) is 10.4 Å². The minimum absolute atomic E-state index is 0.0581. The van der Waals surface area contributed by atoms with Gasteiger partial charge in [0.1, 0.15) is 5.82 Å². The molecule has 1 atom stereocenters. The van der Waals surface area contributed by atoms with E-state index >= 15 is 0 Å². The van der Waals surface area contributed by atoms with Crippen molar-refractivity contribution in [3.8, 4) is 5.88 Å². The predicted molar refractivity (Wildman–Crippen MR) is 87.7 cm³/mol. The number of nitrogens with zero attached hydrogens (tertiary/aromatic N) is 3. The van der Waals surface area contributed by atoms with Crippen LogP contribution in [0.3, 0.4) is 0 Å². The highest BCUT2D eigenvalue weighted by Gasteiger charge is 2.27. The molecule has 0 aliphatic carbocycles. The number of thiophene rings is 1. The first-order valence-corrected chi connectivity index (χ1v) is 8.53. The van der Waals surface area contributed by atoms with Gasteiger partial charge in [0.05, 0.1) is 6.61 Å². The highest BCUT2D eigenvalue weighted by molar-refractivity contribution is 7.10. The summed E-state index contributed by atoms with van der Waals surface area (Å²) >= 11 is 1.76. The lowest BCUT2D eigenvalue weighted by Crippen LogP contribution is -2.99. The second kappa shape index (κ2) is 6.79. The molecule has 3 rings (SSSR count). The Balaban J connectivity index is 1.96. The Morgan fingerprint density at radius 2 is 2.17 bits per heavy atom. The summed E-state index contributed by atoms with van der Waals surface area (Å²) < 4.78 is 5.43. The highest BCUT2D eigenvalue weighted by Crippen LogP contribution is 2.31. The van der Waals surface area contributed by atoms with Crippen LogP contribution in [0.5, 0.6) is 5.88 Å². The van der Waals surface area contributed by atoms with Gasteiger partial charge >= 0.3 is 0 Å². The van der Waals surface area contributed by atoms with Gasteiger partial charge in [-0.05, 0) is 43.7 Å². The van der Waals surface area contributed by atoms with Crippen LogP contribution >= 0.6 is 11.3 Å². The van der Waals surface area contributed by atoms with Gasteiger partial charge in [-0.3, -0.25) is 0 Å². The molecule has 0 aromatic carbocycles. The Morgan fingerprint density at radius 3 is 2.91 bits per heavy atom. The zero-order chi connectivity index (χ0) is 16.4. The summed E-state index contributed by atoms with van der Waals surface area (Å²) in [6.45, 7) is 5.42. The highest BCUT2D eigenvalue weighted by atomic mass is 32.1. The number of quaternary nitrogens is 1. The van der Waals surface area contributed by atoms with Gasteiger partial charge in [-0.15, -0.1) is 11.3 Å². The Bertz CT molecular complexity index is 667. The zero-order valence-corrected chi connectivity index (χ0v) is 14.0. The van der Waals surface area contributed by atoms with E-state index in [1.54, 1.807) is 18.3 Å². The van der Waals surface area contributed by atoms with Gasteiger partial charge in [0, 0.05) is 18.0 Å². The summed E-state index contributed by atoms with van der Waals surface area (Å²) in [7, 11) is 0. The first-order chi connectivity index (χ1) is 11.1. The molecule has 1 unspecified atom stereocenters. The number of hydrogen-bond donors (Lipinski definition) is 2. The van der Waals surface area contributed by atoms with Crippen LogP contribution in [-0.2, 0) is 12.8 Å². The average Bonchev–Trinajstić information content (AvgIpc) is 2.85. The summed E-state index contributed by atoms with van der Waals surface area (Å²) in [5, 5.41) is 22.4. The Morgan fingerprint density at radius 1 is 1.39 bits per heavy atom. The van der Waals surface area contributed by atoms with Gasteiger partial charge < -0.3 is 14.8 Å². The molecule has 0 saturated carbocycles. The fourth-order valence-electron chi connectivity index (χ4n) is 2.81. The van der Waals surface area contributed by atoms with Gasteiger partial charge in [-0.2, -0.15) is 10.2 Å². The largest absolute Gasteiger partial charge is 0.595 e. The summed E-state index contributed by atoms with van der Waals surface area (Å²) in [6, 6.07) is 2.15. The maximum Gasteiger partial charge on any atom is 0.286 e. The van der Waals surface area contributed by atoms with E-state index in [-0.39, 0.29) is 11.6 Å². The monoisotopic (exact) mass is 336 g/mol. The SMILES string of the molecule is CCOc1nc(C)nc(N2CCc3ccsc3CC2)c1[NH+]([O-])O. The Kier molecular flexibility index (Phi) is 4.76. The molecule has 0 radical (unpaired) electrons. The predicted octanol–water partition coefficient (Wildman–Crippen LogP) is 1.25. The van der Waals surface area contributed by atoms with Crippen LogP contribution < -0.4 is 14.9 Å². The zero-order valence-electron chi connectivity index (χ0n) is 13.2. The second-order valence-corrected chi connectivity index (χ2v) is 6.37. The van der Waals surface area contributed by atoms with Crippen LogP contribution in [0.15, 0.2) is 11.4 Å². The normalized spacial score (nSPS) is 15.9. The number of rotatable bonds is 4. The van der Waals surface area contributed by atoms with E-state index in [4.69, 9.17) is 4.74 Å². The Hall–Kier alpha value is -1.74. The van der Waals surface area contributed by atoms with Crippen LogP contribution in [0.2, 0.25) is 0 Å². The summed E-state index contributed by atoms with van der Waals surface area (Å²) in [4.78, 5) is 12.0. The molecule has 0 saturated heterocycles. The van der Waals surface area contributed by atoms with E-state index in [2.05, 4.69) is 21.4 Å². The van der Waals surface area contributed by atoms with Gasteiger partial charge in [0.25, 0.3) is 11.6 Å². The van der Waals surface area contributed by atoms with E-state index < -0.39 is 5.23 Å². The molecule has 0 fully saturated rings. The van der Waals surface area contributed by atoms with Gasteiger partial charge in [0.2, 0.25) is 5.82 Å². The van der Waals surface area contributed by atoms with Gasteiger partial charge in [-0.25, -0.2) is 10.2 Å². The van der Waals surface area contributed by atoms with Crippen molar-refractivity contribution in [2.45, 2.75) is 26.7 Å². The molecular formula is C15H20N4O3S. The van der Waals surface area contributed by atoms with E-state index in [1.807, 2.05) is 11.8 Å². The molecule has 7 nitrogen and oxygen atoms in total. The van der Waals surface area contributed by atoms with Crippen molar-refractivity contribution < 1.29 is 15.2 Å². The fourth-order valence-corrected chi connectivity index (χ4v) is 3.74. The summed E-state index contributed by atoms with van der Waals surface area (Å²) in [5.74, 6) is 1.14. The molecule has 0 amide bonds. The third-order valence-corrected chi connectivity index (χ3v) is 4.88. The van der Waals surface area contributed by atoms with Crippen molar-refractivity contribution in [1.82, 2.24) is 9.97 Å². The molecule has 0 spiro atoms. The summed E-state index contributed by atoms with van der Waals surface area (Å²) in [6.07, 6.45) is 1.80. The molecule has 2 N–H and O–H groups in total. The van der Waals surface area contributed by atoms with E-state index in [0.717, 1.165) is 25.9 Å². The minimum Gasteiger partial charge on any atom is -0.595 e. The van der Waals surface area contributed by atoms with Crippen LogP contribution in [0.4, 0.5) is 11.5 Å². The van der Waals surface area contributed by atoms with Gasteiger partial charge in [-0.1, -0.05) is 0 Å². The molecule has 2 aromatic rings. The average molecular weight is 336 g/mol. The lowest BCUT2D eigenvalue weighted by molar-refractivity contribution is -0.991. The third-order valence-electron chi connectivity index (χ3n) is 3.86. The van der Waals surface area contributed by atoms with Crippen molar-refractivity contribution in [3.63, 3.8) is 0 Å². The molecular weight excluding hydrogens is 316 g/mol. The van der Waals surface area contributed by atoms with Crippen molar-refractivity contribution in [2.75, 3.05) is 24.6 Å². The quantitative estimate of drug-likeness (QED) is 0.818. The van der Waals surface area contributed by atoms with Crippen molar-refractivity contribution in [2.24, 2.45) is 0 Å². The lowest BCUT2D eigenvalue weighted by atomic mass is 10.2. The molecule has 1 aliphatic rings. The van der Waals surface area contributed by atoms with Crippen molar-refractivity contribution >= 4 is 22.8 Å². The van der Waals surface area contributed by atoms with Crippen molar-refractivity contribution in [3.05, 3.63) is 32.9 Å². The first kappa shape index (κ1) is 16.1. The molecule has 124 valence electrons. The first-order valence-electron chi connectivity index (χ1n) is 7.65. The van der Waals surface area contributed by atoms with Crippen LogP contribution in [0, 0.1) is 12.1 Å². The second-order valence-electron chi connectivity index (χ2n) is 5.37. The number of ether oxygens (including phenoxy) is 1. The van der Waals surface area contributed by atoms with Crippen LogP contribution in [0.1, 0.15) is 23.2 Å². The molecule has 8 heteroatoms. The number of anilines is 1. The number of aromatic nitrogens is 2. The molecule has 0 bridgehead atoms. The number of fused-ring (bicyclic) bond motifs is 1. The van der Waals surface area contributed by atoms with Gasteiger partial charge in [0.15, 0.2) is 0 Å². The topological polar surface area (TPSA) is 86.0 Å². The van der Waals surface area contributed by atoms with Crippen LogP contribution in [-0.4, -0.2) is 34.9 Å². The van der Waals surface area contributed by atoms with Crippen LogP contribution in [0.25, 0.3) is 0 Å². The summed E-state index contributed by atoms with van der Waals surface area (Å²) in [5.41, 5.74) is 1.41. The third kappa shape index (κ3) is 3.30. The molecule has 2 aromatic heterocycles. The number of hydrogen-bond acceptors (Lipinski definition) is 7.